The zero-order chi connectivity index (χ0) is 23.0. The third-order valence-electron chi connectivity index (χ3n) is 7.35. The van der Waals surface area contributed by atoms with Gasteiger partial charge in [-0.1, -0.05) is 41.5 Å². The molecule has 1 saturated heterocycles. The molecule has 30 heavy (non-hydrogen) atoms. The normalized spacial score (nSPS) is 26.3. The van der Waals surface area contributed by atoms with E-state index in [1.54, 1.807) is 6.92 Å². The van der Waals surface area contributed by atoms with Crippen LogP contribution < -0.4 is 0 Å². The number of ether oxygens (including phenoxy) is 2. The molecule has 0 spiro atoms. The minimum absolute atomic E-state index is 0.0774. The largest absolute Gasteiger partial charge is 0.546 e. The zero-order valence-electron chi connectivity index (χ0n) is 20.6. The zero-order valence-corrected chi connectivity index (χ0v) is 21.6. The minimum Gasteiger partial charge on any atom is -0.546 e. The molecule has 0 radical (unpaired) electrons. The second-order valence-corrected chi connectivity index (χ2v) is 15.9. The number of rotatable bonds is 8. The SMILES string of the molecule is CCOC(=O)C[C@H]1CC(O[Si](C(C)C)(C(C)C)C(C)C)=C(C)[C@@H]2[C@@H]1C(=O)OC2(C)C. The summed E-state index contributed by atoms with van der Waals surface area (Å²) in [6.45, 7) is 21.8. The highest BCUT2D eigenvalue weighted by Crippen LogP contribution is 2.54. The van der Waals surface area contributed by atoms with Crippen molar-refractivity contribution in [2.24, 2.45) is 17.8 Å². The Morgan fingerprint density at radius 2 is 1.67 bits per heavy atom. The van der Waals surface area contributed by atoms with Crippen molar-refractivity contribution in [1.82, 2.24) is 0 Å². The maximum atomic E-state index is 12.8. The molecule has 1 aliphatic heterocycles. The fraction of sp³-hybridized carbons (Fsp3) is 0.833. The van der Waals surface area contributed by atoms with E-state index in [0.717, 1.165) is 11.3 Å². The molecule has 0 amide bonds. The summed E-state index contributed by atoms with van der Waals surface area (Å²) in [7, 11) is -2.15. The van der Waals surface area contributed by atoms with Crippen molar-refractivity contribution in [2.75, 3.05) is 6.61 Å². The Kier molecular flexibility index (Phi) is 7.53. The van der Waals surface area contributed by atoms with E-state index < -0.39 is 13.9 Å². The summed E-state index contributed by atoms with van der Waals surface area (Å²) in [5.74, 6) is -0.00762. The van der Waals surface area contributed by atoms with Crippen LogP contribution in [0.2, 0.25) is 16.6 Å². The van der Waals surface area contributed by atoms with Gasteiger partial charge in [-0.25, -0.2) is 0 Å². The summed E-state index contributed by atoms with van der Waals surface area (Å²) in [5.41, 5.74) is 1.87. The van der Waals surface area contributed by atoms with Crippen molar-refractivity contribution in [3.8, 4) is 0 Å². The molecule has 1 heterocycles. The predicted octanol–water partition coefficient (Wildman–Crippen LogP) is 5.99. The molecule has 0 unspecified atom stereocenters. The van der Waals surface area contributed by atoms with Gasteiger partial charge < -0.3 is 13.9 Å². The van der Waals surface area contributed by atoms with E-state index in [0.29, 0.717) is 29.7 Å². The summed E-state index contributed by atoms with van der Waals surface area (Å²) in [6.07, 6.45) is 0.817. The molecular weight excluding hydrogens is 396 g/mol. The predicted molar refractivity (Wildman–Crippen MR) is 121 cm³/mol. The van der Waals surface area contributed by atoms with Gasteiger partial charge in [-0.15, -0.1) is 0 Å². The lowest BCUT2D eigenvalue weighted by Gasteiger charge is -2.46. The van der Waals surface area contributed by atoms with Crippen molar-refractivity contribution in [1.29, 1.82) is 0 Å². The first kappa shape index (κ1) is 25.0. The van der Waals surface area contributed by atoms with Gasteiger partial charge in [-0.05, 0) is 55.8 Å². The Hall–Kier alpha value is -1.30. The van der Waals surface area contributed by atoms with Crippen LogP contribution in [0.15, 0.2) is 11.3 Å². The summed E-state index contributed by atoms with van der Waals surface area (Å²) in [5, 5.41) is 0. The number of hydrogen-bond acceptors (Lipinski definition) is 5. The Labute approximate surface area is 184 Å². The number of carbonyl (C=O) groups is 2. The van der Waals surface area contributed by atoms with Gasteiger partial charge in [0.15, 0.2) is 0 Å². The molecule has 1 fully saturated rings. The first-order valence-electron chi connectivity index (χ1n) is 11.6. The summed E-state index contributed by atoms with van der Waals surface area (Å²) in [6, 6.07) is 0. The van der Waals surface area contributed by atoms with Crippen LogP contribution in [0.5, 0.6) is 0 Å². The quantitative estimate of drug-likeness (QED) is 0.344. The van der Waals surface area contributed by atoms with Crippen LogP contribution in [0, 0.1) is 17.8 Å². The molecule has 0 aromatic carbocycles. The summed E-state index contributed by atoms with van der Waals surface area (Å²) < 4.78 is 18.1. The smallest absolute Gasteiger partial charge is 0.310 e. The lowest BCUT2D eigenvalue weighted by molar-refractivity contribution is -0.150. The van der Waals surface area contributed by atoms with Crippen LogP contribution in [0.4, 0.5) is 0 Å². The van der Waals surface area contributed by atoms with Gasteiger partial charge in [0.05, 0.1) is 18.3 Å². The van der Waals surface area contributed by atoms with E-state index in [9.17, 15) is 9.59 Å². The number of carbonyl (C=O) groups excluding carboxylic acids is 2. The molecule has 6 heteroatoms. The maximum Gasteiger partial charge on any atom is 0.310 e. The molecule has 2 aliphatic rings. The van der Waals surface area contributed by atoms with Crippen molar-refractivity contribution in [2.45, 2.75) is 104 Å². The van der Waals surface area contributed by atoms with Crippen LogP contribution in [-0.4, -0.2) is 32.5 Å². The molecular formula is C24H42O5Si. The van der Waals surface area contributed by atoms with Gasteiger partial charge in [-0.3, -0.25) is 9.59 Å². The van der Waals surface area contributed by atoms with E-state index in [2.05, 4.69) is 48.5 Å². The van der Waals surface area contributed by atoms with E-state index in [1.807, 2.05) is 13.8 Å². The number of fused-ring (bicyclic) bond motifs is 1. The first-order valence-corrected chi connectivity index (χ1v) is 13.7. The second-order valence-electron chi connectivity index (χ2n) is 10.5. The van der Waals surface area contributed by atoms with E-state index >= 15 is 0 Å². The first-order chi connectivity index (χ1) is 13.8. The molecule has 2 rings (SSSR count). The Morgan fingerprint density at radius 3 is 2.13 bits per heavy atom. The van der Waals surface area contributed by atoms with Gasteiger partial charge in [0, 0.05) is 18.8 Å². The minimum atomic E-state index is -2.15. The van der Waals surface area contributed by atoms with Gasteiger partial charge >= 0.3 is 11.9 Å². The van der Waals surface area contributed by atoms with Gasteiger partial charge in [0.2, 0.25) is 0 Å². The standard InChI is InChI=1S/C24H42O5Si/c1-11-27-20(25)13-18-12-19(29-30(14(2)3,15(4)5)16(6)7)17(8)22-21(18)23(26)28-24(22,9)10/h14-16,18,21-22H,11-13H2,1-10H3/t18-,21-,22-/m1/s1. The van der Waals surface area contributed by atoms with Crippen LogP contribution in [-0.2, 0) is 23.5 Å². The fourth-order valence-electron chi connectivity index (χ4n) is 6.24. The Balaban J connectivity index is 2.52. The average Bonchev–Trinajstić information content (AvgIpc) is 2.84. The third kappa shape index (κ3) is 4.34. The topological polar surface area (TPSA) is 61.8 Å². The fourth-order valence-corrected chi connectivity index (χ4v) is 11.6. The van der Waals surface area contributed by atoms with Gasteiger partial charge in [0.1, 0.15) is 5.60 Å². The monoisotopic (exact) mass is 438 g/mol. The summed E-state index contributed by atoms with van der Waals surface area (Å²) >= 11 is 0. The Morgan fingerprint density at radius 1 is 1.13 bits per heavy atom. The van der Waals surface area contributed by atoms with Crippen molar-refractivity contribution in [3.05, 3.63) is 11.3 Å². The highest BCUT2D eigenvalue weighted by Gasteiger charge is 2.58. The van der Waals surface area contributed by atoms with Crippen molar-refractivity contribution < 1.29 is 23.5 Å². The molecule has 0 saturated carbocycles. The molecule has 172 valence electrons. The molecule has 0 aromatic heterocycles. The number of esters is 2. The average molecular weight is 439 g/mol. The van der Waals surface area contributed by atoms with Crippen molar-refractivity contribution in [3.63, 3.8) is 0 Å². The highest BCUT2D eigenvalue weighted by atomic mass is 28.4. The van der Waals surface area contributed by atoms with E-state index in [-0.39, 0.29) is 36.1 Å². The van der Waals surface area contributed by atoms with Gasteiger partial charge in [-0.2, -0.15) is 0 Å². The second kappa shape index (κ2) is 9.05. The molecule has 0 N–H and O–H groups in total. The third-order valence-corrected chi connectivity index (χ3v) is 13.4. The van der Waals surface area contributed by atoms with Crippen LogP contribution in [0.3, 0.4) is 0 Å². The number of allylic oxidation sites excluding steroid dienone is 1. The lowest BCUT2D eigenvalue weighted by atomic mass is 9.66. The van der Waals surface area contributed by atoms with Crippen LogP contribution in [0.25, 0.3) is 0 Å². The molecule has 0 bridgehead atoms. The number of hydrogen-bond donors (Lipinski definition) is 0. The van der Waals surface area contributed by atoms with Gasteiger partial charge in [0.25, 0.3) is 8.32 Å². The van der Waals surface area contributed by atoms with E-state index in [1.165, 1.54) is 0 Å². The number of cyclic esters (lactones) is 1. The molecule has 1 aliphatic carbocycles. The van der Waals surface area contributed by atoms with Crippen LogP contribution >= 0.6 is 0 Å². The van der Waals surface area contributed by atoms with E-state index in [4.69, 9.17) is 13.9 Å². The van der Waals surface area contributed by atoms with Crippen LogP contribution in [0.1, 0.15) is 82.1 Å². The molecule has 0 aromatic rings. The Bertz CT molecular complexity index is 670. The summed E-state index contributed by atoms with van der Waals surface area (Å²) in [4.78, 5) is 25.2. The highest BCUT2D eigenvalue weighted by molar-refractivity contribution is 6.77. The molecule has 3 atom stereocenters. The molecule has 5 nitrogen and oxygen atoms in total. The lowest BCUT2D eigenvalue weighted by Crippen LogP contribution is -2.49. The maximum absolute atomic E-state index is 12.8. The van der Waals surface area contributed by atoms with Crippen molar-refractivity contribution >= 4 is 20.3 Å².